The zero-order valence-corrected chi connectivity index (χ0v) is 26.1. The summed E-state index contributed by atoms with van der Waals surface area (Å²) < 4.78 is 44.7. The van der Waals surface area contributed by atoms with Gasteiger partial charge in [-0.3, -0.25) is 9.69 Å². The molecule has 0 radical (unpaired) electrons. The van der Waals surface area contributed by atoms with E-state index in [2.05, 4.69) is 34.6 Å². The molecule has 2 fully saturated rings. The topological polar surface area (TPSA) is 32.8 Å². The van der Waals surface area contributed by atoms with Crippen molar-refractivity contribution in [2.24, 2.45) is 0 Å². The number of alkyl halides is 3. The third kappa shape index (κ3) is 9.69. The molecule has 0 bridgehead atoms. The fraction of sp³-hybridized carbons (Fsp3) is 0.447. The van der Waals surface area contributed by atoms with E-state index < -0.39 is 11.7 Å². The van der Waals surface area contributed by atoms with E-state index in [-0.39, 0.29) is 11.9 Å². The van der Waals surface area contributed by atoms with Crippen LogP contribution in [0.25, 0.3) is 0 Å². The Morgan fingerprint density at radius 2 is 1.64 bits per heavy atom. The van der Waals surface area contributed by atoms with Gasteiger partial charge in [0.2, 0.25) is 0 Å². The zero-order valence-electron chi connectivity index (χ0n) is 26.1. The van der Waals surface area contributed by atoms with Crippen LogP contribution in [0.2, 0.25) is 0 Å². The highest BCUT2D eigenvalue weighted by molar-refractivity contribution is 5.96. The molecular formula is C38H43F3N2O2. The normalized spacial score (nSPS) is 18.0. The molecule has 0 spiro atoms. The number of carbonyl (C=O) groups is 1. The van der Waals surface area contributed by atoms with Crippen LogP contribution in [-0.4, -0.2) is 53.9 Å². The number of piperidine rings is 1. The Morgan fingerprint density at radius 3 is 2.40 bits per heavy atom. The lowest BCUT2D eigenvalue weighted by Gasteiger charge is -2.32. The summed E-state index contributed by atoms with van der Waals surface area (Å²) in [6.45, 7) is 7.18. The summed E-state index contributed by atoms with van der Waals surface area (Å²) in [4.78, 5) is 17.9. The fourth-order valence-corrected chi connectivity index (χ4v) is 6.46. The average molecular weight is 617 g/mol. The molecule has 3 aromatic rings. The minimum absolute atomic E-state index is 0.112. The second-order valence-corrected chi connectivity index (χ2v) is 12.2. The first-order valence-corrected chi connectivity index (χ1v) is 16.3. The van der Waals surface area contributed by atoms with Crippen LogP contribution in [0, 0.1) is 11.8 Å². The van der Waals surface area contributed by atoms with Crippen molar-refractivity contribution in [3.8, 4) is 17.6 Å². The Hall–Kier alpha value is -3.60. The first kappa shape index (κ1) is 32.8. The molecule has 2 aliphatic heterocycles. The largest absolute Gasteiger partial charge is 0.490 e. The summed E-state index contributed by atoms with van der Waals surface area (Å²) in [5.41, 5.74) is 2.58. The van der Waals surface area contributed by atoms with Gasteiger partial charge in [-0.15, -0.1) is 0 Å². The number of likely N-dealkylation sites (tertiary alicyclic amines) is 2. The van der Waals surface area contributed by atoms with Gasteiger partial charge in [0.25, 0.3) is 0 Å². The Kier molecular flexibility index (Phi) is 11.4. The highest BCUT2D eigenvalue weighted by atomic mass is 19.4. The van der Waals surface area contributed by atoms with Crippen LogP contribution in [0.3, 0.4) is 0 Å². The van der Waals surface area contributed by atoms with Crippen molar-refractivity contribution in [1.29, 1.82) is 0 Å². The summed E-state index contributed by atoms with van der Waals surface area (Å²) in [7, 11) is 0. The standard InChI is InChI=1S/C38H43F3N2O2/c1-2-43-23-7-12-34(43)11-3-4-14-37(44)32-10-6-13-36(27-32)45-35-21-24-42(25-22-35)28-31-9-5-8-30(26-31)16-15-29-17-19-33(20-18-29)38(39,40)41/h5-6,8-10,13,17-20,26-27,34-35H,2-4,7,11-12,14,21-25,28H2,1H3/t34-/m0/s1. The molecule has 0 unspecified atom stereocenters. The number of hydrogen-bond acceptors (Lipinski definition) is 4. The van der Waals surface area contributed by atoms with Crippen LogP contribution in [0.1, 0.15) is 90.9 Å². The molecule has 5 rings (SSSR count). The van der Waals surface area contributed by atoms with Gasteiger partial charge < -0.3 is 9.64 Å². The van der Waals surface area contributed by atoms with Crippen molar-refractivity contribution < 1.29 is 22.7 Å². The summed E-state index contributed by atoms with van der Waals surface area (Å²) >= 11 is 0. The first-order chi connectivity index (χ1) is 21.8. The Balaban J connectivity index is 1.05. The van der Waals surface area contributed by atoms with Gasteiger partial charge in [-0.05, 0) is 106 Å². The van der Waals surface area contributed by atoms with Gasteiger partial charge in [0.1, 0.15) is 11.9 Å². The van der Waals surface area contributed by atoms with Gasteiger partial charge in [-0.1, -0.05) is 49.5 Å². The highest BCUT2D eigenvalue weighted by Gasteiger charge is 2.30. The van der Waals surface area contributed by atoms with E-state index in [9.17, 15) is 18.0 Å². The van der Waals surface area contributed by atoms with E-state index in [4.69, 9.17) is 4.74 Å². The third-order valence-electron chi connectivity index (χ3n) is 8.99. The number of hydrogen-bond donors (Lipinski definition) is 0. The number of halogens is 3. The SMILES string of the molecule is CCN1CCC[C@@H]1CCCCC(=O)c1cccc(OC2CCN(Cc3cccc(C#Cc4ccc(C(F)(F)F)cc4)c3)CC2)c1. The van der Waals surface area contributed by atoms with Gasteiger partial charge in [0, 0.05) is 48.8 Å². The van der Waals surface area contributed by atoms with Crippen LogP contribution < -0.4 is 4.74 Å². The maximum atomic E-state index is 12.9. The van der Waals surface area contributed by atoms with E-state index in [1.165, 1.54) is 37.9 Å². The number of ketones is 1. The lowest BCUT2D eigenvalue weighted by molar-refractivity contribution is -0.137. The molecule has 3 aromatic carbocycles. The Bertz CT molecular complexity index is 1470. The van der Waals surface area contributed by atoms with E-state index in [1.807, 2.05) is 42.5 Å². The number of rotatable bonds is 11. The number of unbranched alkanes of at least 4 members (excludes halogenated alkanes) is 1. The molecule has 238 valence electrons. The lowest BCUT2D eigenvalue weighted by atomic mass is 10.0. The summed E-state index contributed by atoms with van der Waals surface area (Å²) in [6.07, 6.45) is 3.97. The van der Waals surface area contributed by atoms with Crippen LogP contribution in [0.15, 0.2) is 72.8 Å². The first-order valence-electron chi connectivity index (χ1n) is 16.3. The van der Waals surface area contributed by atoms with Gasteiger partial charge in [0.05, 0.1) is 5.56 Å². The molecule has 2 aliphatic rings. The molecule has 7 heteroatoms. The Labute approximate surface area is 265 Å². The molecule has 45 heavy (non-hydrogen) atoms. The zero-order chi connectivity index (χ0) is 31.6. The number of ether oxygens (including phenoxy) is 1. The molecular weight excluding hydrogens is 573 g/mol. The van der Waals surface area contributed by atoms with Crippen LogP contribution in [0.5, 0.6) is 5.75 Å². The van der Waals surface area contributed by atoms with E-state index in [1.54, 1.807) is 0 Å². The number of nitrogens with zero attached hydrogens (tertiary/aromatic N) is 2. The molecule has 0 aliphatic carbocycles. The highest BCUT2D eigenvalue weighted by Crippen LogP contribution is 2.29. The number of Topliss-reactive ketones (excluding diaryl/α,β-unsaturated/α-hetero) is 1. The molecule has 4 nitrogen and oxygen atoms in total. The van der Waals surface area contributed by atoms with Crippen LogP contribution >= 0.6 is 0 Å². The lowest BCUT2D eigenvalue weighted by Crippen LogP contribution is -2.37. The average Bonchev–Trinajstić information content (AvgIpc) is 3.51. The van der Waals surface area contributed by atoms with Crippen molar-refractivity contribution in [2.75, 3.05) is 26.2 Å². The quantitative estimate of drug-likeness (QED) is 0.123. The van der Waals surface area contributed by atoms with Gasteiger partial charge in [-0.2, -0.15) is 13.2 Å². The molecule has 0 N–H and O–H groups in total. The van der Waals surface area contributed by atoms with Crippen LogP contribution in [0.4, 0.5) is 13.2 Å². The van der Waals surface area contributed by atoms with Crippen molar-refractivity contribution in [3.63, 3.8) is 0 Å². The molecule has 0 saturated carbocycles. The minimum atomic E-state index is -4.35. The molecule has 1 atom stereocenters. The van der Waals surface area contributed by atoms with Crippen molar-refractivity contribution in [2.45, 2.75) is 83.2 Å². The van der Waals surface area contributed by atoms with Crippen molar-refractivity contribution >= 4 is 5.78 Å². The van der Waals surface area contributed by atoms with Gasteiger partial charge >= 0.3 is 6.18 Å². The van der Waals surface area contributed by atoms with Crippen molar-refractivity contribution in [1.82, 2.24) is 9.80 Å². The predicted molar refractivity (Wildman–Crippen MR) is 172 cm³/mol. The van der Waals surface area contributed by atoms with Crippen LogP contribution in [-0.2, 0) is 12.7 Å². The van der Waals surface area contributed by atoms with E-state index in [0.29, 0.717) is 18.0 Å². The second-order valence-electron chi connectivity index (χ2n) is 12.2. The van der Waals surface area contributed by atoms with Gasteiger partial charge in [0.15, 0.2) is 5.78 Å². The molecule has 2 heterocycles. The molecule has 2 saturated heterocycles. The van der Waals surface area contributed by atoms with Crippen molar-refractivity contribution in [3.05, 3.63) is 101 Å². The maximum absolute atomic E-state index is 12.9. The summed E-state index contributed by atoms with van der Waals surface area (Å²) in [6, 6.07) is 21.3. The summed E-state index contributed by atoms with van der Waals surface area (Å²) in [5.74, 6) is 7.01. The fourth-order valence-electron chi connectivity index (χ4n) is 6.46. The Morgan fingerprint density at radius 1 is 0.889 bits per heavy atom. The summed E-state index contributed by atoms with van der Waals surface area (Å²) in [5, 5.41) is 0. The maximum Gasteiger partial charge on any atom is 0.416 e. The smallest absolute Gasteiger partial charge is 0.416 e. The molecule has 0 aromatic heterocycles. The molecule has 0 amide bonds. The van der Waals surface area contributed by atoms with E-state index in [0.717, 1.165) is 86.4 Å². The van der Waals surface area contributed by atoms with E-state index >= 15 is 0 Å². The second kappa shape index (κ2) is 15.6. The third-order valence-corrected chi connectivity index (χ3v) is 8.99. The number of carbonyl (C=O) groups excluding carboxylic acids is 1. The predicted octanol–water partition coefficient (Wildman–Crippen LogP) is 8.38. The minimum Gasteiger partial charge on any atom is -0.490 e. The number of benzene rings is 3. The van der Waals surface area contributed by atoms with Gasteiger partial charge in [-0.25, -0.2) is 0 Å². The monoisotopic (exact) mass is 616 g/mol.